The molecule has 1 unspecified atom stereocenters. The second-order valence-electron chi connectivity index (χ2n) is 4.90. The molecular formula is C12H24N2O3. The molecule has 5 heteroatoms. The first-order valence-corrected chi connectivity index (χ1v) is 6.39. The molecule has 0 radical (unpaired) electrons. The molecular weight excluding hydrogens is 220 g/mol. The third-order valence-corrected chi connectivity index (χ3v) is 3.63. The van der Waals surface area contributed by atoms with E-state index in [0.29, 0.717) is 18.8 Å². The van der Waals surface area contributed by atoms with Crippen molar-refractivity contribution in [3.05, 3.63) is 0 Å². The van der Waals surface area contributed by atoms with Gasteiger partial charge in [-0.3, -0.25) is 4.79 Å². The van der Waals surface area contributed by atoms with Crippen LogP contribution in [0.1, 0.15) is 32.6 Å². The van der Waals surface area contributed by atoms with E-state index in [-0.39, 0.29) is 19.1 Å². The fourth-order valence-electron chi connectivity index (χ4n) is 2.10. The fraction of sp³-hybridized carbons (Fsp3) is 0.917. The van der Waals surface area contributed by atoms with Gasteiger partial charge in [-0.15, -0.1) is 0 Å². The van der Waals surface area contributed by atoms with Crippen molar-refractivity contribution >= 4 is 5.91 Å². The Morgan fingerprint density at radius 1 is 1.47 bits per heavy atom. The van der Waals surface area contributed by atoms with Gasteiger partial charge in [0.15, 0.2) is 0 Å². The van der Waals surface area contributed by atoms with Crippen molar-refractivity contribution in [3.8, 4) is 0 Å². The van der Waals surface area contributed by atoms with Gasteiger partial charge in [0.05, 0.1) is 18.8 Å². The molecule has 0 bridgehead atoms. The standard InChI is InChI=1S/C12H24N2O3/c1-2-12(8-15,9-16)14-11(17)4-3-10-5-6-13-7-10/h10,13,15-16H,2-9H2,1H3,(H,14,17). The van der Waals surface area contributed by atoms with Crippen molar-refractivity contribution in [3.63, 3.8) is 0 Å². The third-order valence-electron chi connectivity index (χ3n) is 3.63. The smallest absolute Gasteiger partial charge is 0.220 e. The lowest BCUT2D eigenvalue weighted by Gasteiger charge is -2.29. The van der Waals surface area contributed by atoms with Crippen LogP contribution in [0, 0.1) is 5.92 Å². The van der Waals surface area contributed by atoms with E-state index in [1.807, 2.05) is 6.92 Å². The molecule has 0 aromatic rings. The van der Waals surface area contributed by atoms with Gasteiger partial charge in [0, 0.05) is 6.42 Å². The Kier molecular flexibility index (Phi) is 5.88. The molecule has 0 spiro atoms. The zero-order valence-electron chi connectivity index (χ0n) is 10.5. The van der Waals surface area contributed by atoms with E-state index in [2.05, 4.69) is 10.6 Å². The van der Waals surface area contributed by atoms with Gasteiger partial charge >= 0.3 is 0 Å². The summed E-state index contributed by atoms with van der Waals surface area (Å²) in [6.07, 6.45) is 2.99. The molecule has 0 aromatic carbocycles. The summed E-state index contributed by atoms with van der Waals surface area (Å²) in [6.45, 7) is 3.42. The average molecular weight is 244 g/mol. The van der Waals surface area contributed by atoms with Crippen molar-refractivity contribution in [2.75, 3.05) is 26.3 Å². The second kappa shape index (κ2) is 6.93. The van der Waals surface area contributed by atoms with E-state index in [9.17, 15) is 15.0 Å². The van der Waals surface area contributed by atoms with Crippen LogP contribution in [0.3, 0.4) is 0 Å². The van der Waals surface area contributed by atoms with Gasteiger partial charge in [0.1, 0.15) is 0 Å². The van der Waals surface area contributed by atoms with Crippen LogP contribution < -0.4 is 10.6 Å². The highest BCUT2D eigenvalue weighted by molar-refractivity contribution is 5.76. The lowest BCUT2D eigenvalue weighted by Crippen LogP contribution is -2.53. The van der Waals surface area contributed by atoms with Crippen LogP contribution in [0.15, 0.2) is 0 Å². The summed E-state index contributed by atoms with van der Waals surface area (Å²) in [7, 11) is 0. The number of aliphatic hydroxyl groups excluding tert-OH is 2. The van der Waals surface area contributed by atoms with Crippen molar-refractivity contribution in [1.29, 1.82) is 0 Å². The molecule has 4 N–H and O–H groups in total. The van der Waals surface area contributed by atoms with Crippen LogP contribution >= 0.6 is 0 Å². The zero-order valence-corrected chi connectivity index (χ0v) is 10.5. The maximum absolute atomic E-state index is 11.7. The first kappa shape index (κ1) is 14.4. The molecule has 0 aromatic heterocycles. The molecule has 0 aliphatic carbocycles. The number of aliphatic hydroxyl groups is 2. The maximum atomic E-state index is 11.7. The predicted octanol–water partition coefficient (Wildman–Crippen LogP) is -0.374. The van der Waals surface area contributed by atoms with Gasteiger partial charge in [-0.2, -0.15) is 0 Å². The van der Waals surface area contributed by atoms with Crippen molar-refractivity contribution in [2.24, 2.45) is 5.92 Å². The van der Waals surface area contributed by atoms with Crippen LogP contribution in [0.4, 0.5) is 0 Å². The molecule has 1 aliphatic heterocycles. The Morgan fingerprint density at radius 3 is 2.65 bits per heavy atom. The number of hydrogen-bond acceptors (Lipinski definition) is 4. The molecule has 0 saturated carbocycles. The minimum Gasteiger partial charge on any atom is -0.394 e. The molecule has 17 heavy (non-hydrogen) atoms. The van der Waals surface area contributed by atoms with Crippen molar-refractivity contribution < 1.29 is 15.0 Å². The fourth-order valence-corrected chi connectivity index (χ4v) is 2.10. The summed E-state index contributed by atoms with van der Waals surface area (Å²) in [5, 5.41) is 24.5. The van der Waals surface area contributed by atoms with Gasteiger partial charge < -0.3 is 20.8 Å². The molecule has 1 rings (SSSR count). The molecule has 1 heterocycles. The Balaban J connectivity index is 2.31. The number of hydrogen-bond donors (Lipinski definition) is 4. The third kappa shape index (κ3) is 4.26. The normalized spacial score (nSPS) is 20.5. The monoisotopic (exact) mass is 244 g/mol. The maximum Gasteiger partial charge on any atom is 0.220 e. The van der Waals surface area contributed by atoms with E-state index >= 15 is 0 Å². The first-order valence-electron chi connectivity index (χ1n) is 6.39. The number of carbonyl (C=O) groups excluding carboxylic acids is 1. The number of nitrogens with one attached hydrogen (secondary N) is 2. The number of amides is 1. The predicted molar refractivity (Wildman–Crippen MR) is 65.5 cm³/mol. The van der Waals surface area contributed by atoms with Gasteiger partial charge in [-0.25, -0.2) is 0 Å². The second-order valence-corrected chi connectivity index (χ2v) is 4.90. The molecule has 1 fully saturated rings. The van der Waals surface area contributed by atoms with Gasteiger partial charge in [0.25, 0.3) is 0 Å². The topological polar surface area (TPSA) is 81.6 Å². The first-order chi connectivity index (χ1) is 8.15. The quantitative estimate of drug-likeness (QED) is 0.492. The minimum atomic E-state index is -0.856. The van der Waals surface area contributed by atoms with Gasteiger partial charge in [-0.1, -0.05) is 6.92 Å². The molecule has 1 aliphatic rings. The lowest BCUT2D eigenvalue weighted by molar-refractivity contribution is -0.124. The highest BCUT2D eigenvalue weighted by Crippen LogP contribution is 2.15. The summed E-state index contributed by atoms with van der Waals surface area (Å²) in [5.74, 6) is 0.502. The SMILES string of the molecule is CCC(CO)(CO)NC(=O)CCC1CCNC1. The van der Waals surface area contributed by atoms with E-state index in [1.165, 1.54) is 0 Å². The Bertz CT molecular complexity index is 228. The Hall–Kier alpha value is -0.650. The van der Waals surface area contributed by atoms with E-state index in [4.69, 9.17) is 0 Å². The summed E-state index contributed by atoms with van der Waals surface area (Å²) in [6, 6.07) is 0. The molecule has 100 valence electrons. The number of rotatable bonds is 7. The van der Waals surface area contributed by atoms with Crippen LogP contribution in [-0.4, -0.2) is 48.0 Å². The van der Waals surface area contributed by atoms with Crippen molar-refractivity contribution in [2.45, 2.75) is 38.1 Å². The Morgan fingerprint density at radius 2 is 2.18 bits per heavy atom. The summed E-state index contributed by atoms with van der Waals surface area (Å²) in [4.78, 5) is 11.7. The van der Waals surface area contributed by atoms with Crippen molar-refractivity contribution in [1.82, 2.24) is 10.6 Å². The van der Waals surface area contributed by atoms with E-state index in [1.54, 1.807) is 0 Å². The highest BCUT2D eigenvalue weighted by atomic mass is 16.3. The summed E-state index contributed by atoms with van der Waals surface area (Å²) >= 11 is 0. The Labute approximate surface area is 103 Å². The summed E-state index contributed by atoms with van der Waals surface area (Å²) < 4.78 is 0. The van der Waals surface area contributed by atoms with E-state index in [0.717, 1.165) is 25.9 Å². The zero-order chi connectivity index (χ0) is 12.7. The molecule has 1 atom stereocenters. The van der Waals surface area contributed by atoms with Crippen LogP contribution in [0.25, 0.3) is 0 Å². The van der Waals surface area contributed by atoms with Gasteiger partial charge in [-0.05, 0) is 38.3 Å². The number of carbonyl (C=O) groups is 1. The minimum absolute atomic E-state index is 0.0816. The molecule has 5 nitrogen and oxygen atoms in total. The lowest BCUT2D eigenvalue weighted by atomic mass is 9.97. The molecule has 1 amide bonds. The average Bonchev–Trinajstić information content (AvgIpc) is 2.87. The largest absolute Gasteiger partial charge is 0.394 e. The summed E-state index contributed by atoms with van der Waals surface area (Å²) in [5.41, 5.74) is -0.856. The van der Waals surface area contributed by atoms with Crippen LogP contribution in [0.2, 0.25) is 0 Å². The highest BCUT2D eigenvalue weighted by Gasteiger charge is 2.28. The molecule has 1 saturated heterocycles. The van der Waals surface area contributed by atoms with Gasteiger partial charge in [0.2, 0.25) is 5.91 Å². The van der Waals surface area contributed by atoms with Crippen LogP contribution in [-0.2, 0) is 4.79 Å². The van der Waals surface area contributed by atoms with Crippen LogP contribution in [0.5, 0.6) is 0 Å². The van der Waals surface area contributed by atoms with E-state index < -0.39 is 5.54 Å².